The number of aldehydes is 1. The molecule has 0 bridgehead atoms. The Morgan fingerprint density at radius 3 is 2.57 bits per heavy atom. The first kappa shape index (κ1) is 11.0. The molecule has 0 spiro atoms. The maximum Gasteiger partial charge on any atom is 0.120 e. The van der Waals surface area contributed by atoms with Crippen LogP contribution in [0.5, 0.6) is 0 Å². The van der Waals surface area contributed by atoms with Gasteiger partial charge in [-0.05, 0) is 12.5 Å². The molecule has 0 aliphatic heterocycles. The summed E-state index contributed by atoms with van der Waals surface area (Å²) in [5.41, 5.74) is 2.29. The SMILES string of the molecule is Cn1nc(C(C)(C)C)cc1CCC=O. The topological polar surface area (TPSA) is 34.9 Å². The fraction of sp³-hybridized carbons (Fsp3) is 0.636. The third kappa shape index (κ3) is 2.44. The van der Waals surface area contributed by atoms with Crippen molar-refractivity contribution in [2.24, 2.45) is 7.05 Å². The molecule has 1 aromatic rings. The number of hydrogen-bond donors (Lipinski definition) is 0. The van der Waals surface area contributed by atoms with Crippen LogP contribution in [0, 0.1) is 0 Å². The van der Waals surface area contributed by atoms with Gasteiger partial charge in [0.25, 0.3) is 0 Å². The highest BCUT2D eigenvalue weighted by molar-refractivity contribution is 5.49. The van der Waals surface area contributed by atoms with Gasteiger partial charge in [-0.1, -0.05) is 20.8 Å². The predicted octanol–water partition coefficient (Wildman–Crippen LogP) is 1.85. The van der Waals surface area contributed by atoms with Crippen LogP contribution in [0.25, 0.3) is 0 Å². The van der Waals surface area contributed by atoms with Gasteiger partial charge in [-0.3, -0.25) is 4.68 Å². The molecule has 78 valence electrons. The highest BCUT2D eigenvalue weighted by Gasteiger charge is 2.18. The lowest BCUT2D eigenvalue weighted by Crippen LogP contribution is -2.12. The Bertz CT molecular complexity index is 321. The highest BCUT2D eigenvalue weighted by Crippen LogP contribution is 2.21. The molecule has 0 saturated carbocycles. The van der Waals surface area contributed by atoms with E-state index in [1.165, 1.54) is 0 Å². The lowest BCUT2D eigenvalue weighted by Gasteiger charge is -2.13. The Kier molecular flexibility index (Phi) is 3.09. The van der Waals surface area contributed by atoms with Crippen LogP contribution < -0.4 is 0 Å². The average Bonchev–Trinajstić information content (AvgIpc) is 2.43. The van der Waals surface area contributed by atoms with Crippen LogP contribution in [0.3, 0.4) is 0 Å². The van der Waals surface area contributed by atoms with E-state index < -0.39 is 0 Å². The first-order chi connectivity index (χ1) is 6.45. The van der Waals surface area contributed by atoms with Gasteiger partial charge < -0.3 is 4.79 Å². The smallest absolute Gasteiger partial charge is 0.120 e. The Morgan fingerprint density at radius 2 is 2.14 bits per heavy atom. The maximum atomic E-state index is 10.3. The van der Waals surface area contributed by atoms with Gasteiger partial charge in [-0.25, -0.2) is 0 Å². The van der Waals surface area contributed by atoms with E-state index in [1.807, 2.05) is 11.7 Å². The molecular weight excluding hydrogens is 176 g/mol. The van der Waals surface area contributed by atoms with E-state index >= 15 is 0 Å². The van der Waals surface area contributed by atoms with Crippen molar-refractivity contribution in [1.82, 2.24) is 9.78 Å². The molecular formula is C11H18N2O. The molecule has 0 saturated heterocycles. The van der Waals surface area contributed by atoms with Gasteiger partial charge in [-0.2, -0.15) is 5.10 Å². The third-order valence-corrected chi connectivity index (χ3v) is 2.26. The van der Waals surface area contributed by atoms with Crippen LogP contribution in [-0.4, -0.2) is 16.1 Å². The Labute approximate surface area is 85.1 Å². The normalized spacial score (nSPS) is 11.7. The summed E-state index contributed by atoms with van der Waals surface area (Å²) >= 11 is 0. The van der Waals surface area contributed by atoms with Crippen molar-refractivity contribution in [3.63, 3.8) is 0 Å². The zero-order valence-corrected chi connectivity index (χ0v) is 9.37. The minimum absolute atomic E-state index is 0.0805. The van der Waals surface area contributed by atoms with E-state index in [0.717, 1.165) is 24.1 Å². The second-order valence-corrected chi connectivity index (χ2v) is 4.60. The number of aromatic nitrogens is 2. The molecule has 0 unspecified atom stereocenters. The average molecular weight is 194 g/mol. The Hall–Kier alpha value is -1.12. The quantitative estimate of drug-likeness (QED) is 0.688. The third-order valence-electron chi connectivity index (χ3n) is 2.26. The molecule has 0 amide bonds. The highest BCUT2D eigenvalue weighted by atomic mass is 16.1. The molecule has 1 heterocycles. The van der Waals surface area contributed by atoms with E-state index in [-0.39, 0.29) is 5.41 Å². The summed E-state index contributed by atoms with van der Waals surface area (Å²) in [5.74, 6) is 0. The first-order valence-electron chi connectivity index (χ1n) is 4.92. The van der Waals surface area contributed by atoms with Gasteiger partial charge in [0.2, 0.25) is 0 Å². The van der Waals surface area contributed by atoms with Gasteiger partial charge >= 0.3 is 0 Å². The molecule has 0 N–H and O–H groups in total. The number of nitrogens with zero attached hydrogens (tertiary/aromatic N) is 2. The number of hydrogen-bond acceptors (Lipinski definition) is 2. The van der Waals surface area contributed by atoms with Gasteiger partial charge in [0, 0.05) is 24.6 Å². The predicted molar refractivity (Wildman–Crippen MR) is 56.3 cm³/mol. The Morgan fingerprint density at radius 1 is 1.50 bits per heavy atom. The fourth-order valence-electron chi connectivity index (χ4n) is 1.31. The van der Waals surface area contributed by atoms with Gasteiger partial charge in [0.15, 0.2) is 0 Å². The zero-order valence-electron chi connectivity index (χ0n) is 9.37. The van der Waals surface area contributed by atoms with Crippen LogP contribution in [0.4, 0.5) is 0 Å². The number of rotatable bonds is 3. The number of carbonyl (C=O) groups is 1. The zero-order chi connectivity index (χ0) is 10.8. The number of aryl methyl sites for hydroxylation is 2. The number of carbonyl (C=O) groups excluding carboxylic acids is 1. The largest absolute Gasteiger partial charge is 0.303 e. The molecule has 14 heavy (non-hydrogen) atoms. The van der Waals surface area contributed by atoms with Crippen LogP contribution in [-0.2, 0) is 23.7 Å². The van der Waals surface area contributed by atoms with Crippen molar-refractivity contribution in [1.29, 1.82) is 0 Å². The standard InChI is InChI=1S/C11H18N2O/c1-11(2,3)10-8-9(6-5-7-14)13(4)12-10/h7-8H,5-6H2,1-4H3. The molecule has 1 rings (SSSR count). The van der Waals surface area contributed by atoms with E-state index in [4.69, 9.17) is 0 Å². The van der Waals surface area contributed by atoms with Gasteiger partial charge in [0.05, 0.1) is 5.69 Å². The second kappa shape index (κ2) is 3.95. The molecule has 0 aliphatic rings. The first-order valence-corrected chi connectivity index (χ1v) is 4.92. The molecule has 0 radical (unpaired) electrons. The van der Waals surface area contributed by atoms with Crippen molar-refractivity contribution in [2.75, 3.05) is 0 Å². The minimum atomic E-state index is 0.0805. The van der Waals surface area contributed by atoms with Crippen molar-refractivity contribution < 1.29 is 4.79 Å². The minimum Gasteiger partial charge on any atom is -0.303 e. The molecule has 0 aliphatic carbocycles. The molecule has 3 heteroatoms. The summed E-state index contributed by atoms with van der Waals surface area (Å²) in [6, 6.07) is 2.09. The van der Waals surface area contributed by atoms with E-state index in [2.05, 4.69) is 31.9 Å². The lowest BCUT2D eigenvalue weighted by atomic mass is 9.92. The lowest BCUT2D eigenvalue weighted by molar-refractivity contribution is -0.107. The van der Waals surface area contributed by atoms with Crippen LogP contribution in [0.1, 0.15) is 38.6 Å². The molecule has 1 aromatic heterocycles. The summed E-state index contributed by atoms with van der Waals surface area (Å²) in [4.78, 5) is 10.3. The van der Waals surface area contributed by atoms with E-state index in [1.54, 1.807) is 0 Å². The van der Waals surface area contributed by atoms with E-state index in [0.29, 0.717) is 6.42 Å². The van der Waals surface area contributed by atoms with Crippen LogP contribution in [0.15, 0.2) is 6.07 Å². The summed E-state index contributed by atoms with van der Waals surface area (Å²) in [5, 5.41) is 4.44. The fourth-order valence-corrected chi connectivity index (χ4v) is 1.31. The molecule has 0 aromatic carbocycles. The van der Waals surface area contributed by atoms with Crippen molar-refractivity contribution in [3.05, 3.63) is 17.5 Å². The van der Waals surface area contributed by atoms with Gasteiger partial charge in [0.1, 0.15) is 6.29 Å². The van der Waals surface area contributed by atoms with Crippen LogP contribution >= 0.6 is 0 Å². The molecule has 0 atom stereocenters. The van der Waals surface area contributed by atoms with Crippen molar-refractivity contribution in [3.8, 4) is 0 Å². The molecule has 3 nitrogen and oxygen atoms in total. The van der Waals surface area contributed by atoms with Crippen molar-refractivity contribution in [2.45, 2.75) is 39.0 Å². The molecule has 0 fully saturated rings. The summed E-state index contributed by atoms with van der Waals surface area (Å²) < 4.78 is 1.87. The Balaban J connectivity index is 2.87. The summed E-state index contributed by atoms with van der Waals surface area (Å²) in [6.07, 6.45) is 2.30. The summed E-state index contributed by atoms with van der Waals surface area (Å²) in [6.45, 7) is 6.41. The maximum absolute atomic E-state index is 10.3. The second-order valence-electron chi connectivity index (χ2n) is 4.60. The van der Waals surface area contributed by atoms with Crippen LogP contribution in [0.2, 0.25) is 0 Å². The van der Waals surface area contributed by atoms with Gasteiger partial charge in [-0.15, -0.1) is 0 Å². The summed E-state index contributed by atoms with van der Waals surface area (Å²) in [7, 11) is 1.93. The van der Waals surface area contributed by atoms with Crippen molar-refractivity contribution >= 4 is 6.29 Å². The van der Waals surface area contributed by atoms with E-state index in [9.17, 15) is 4.79 Å². The monoisotopic (exact) mass is 194 g/mol.